The maximum Gasteiger partial charge on any atom is 0.251 e. The monoisotopic (exact) mass is 428 g/mol. The lowest BCUT2D eigenvalue weighted by Crippen LogP contribution is -2.50. The van der Waals surface area contributed by atoms with Gasteiger partial charge in [-0.25, -0.2) is 0 Å². The maximum absolute atomic E-state index is 12.4. The van der Waals surface area contributed by atoms with Crippen molar-refractivity contribution in [2.75, 3.05) is 44.6 Å². The highest BCUT2D eigenvalue weighted by Crippen LogP contribution is 2.20. The molecule has 7 nitrogen and oxygen atoms in total. The van der Waals surface area contributed by atoms with Crippen molar-refractivity contribution in [1.82, 2.24) is 15.1 Å². The van der Waals surface area contributed by atoms with E-state index in [-0.39, 0.29) is 30.7 Å². The van der Waals surface area contributed by atoms with E-state index in [1.807, 2.05) is 17.0 Å². The van der Waals surface area contributed by atoms with Crippen molar-refractivity contribution in [3.05, 3.63) is 65.2 Å². The molecule has 0 aromatic heterocycles. The topological polar surface area (TPSA) is 81.8 Å². The molecule has 30 heavy (non-hydrogen) atoms. The number of carbonyl (C=O) groups is 3. The van der Waals surface area contributed by atoms with E-state index in [1.54, 1.807) is 47.4 Å². The molecular weight excluding hydrogens is 404 g/mol. The van der Waals surface area contributed by atoms with Crippen LogP contribution < -0.4 is 10.6 Å². The Bertz CT molecular complexity index is 883. The number of carbonyl (C=O) groups excluding carboxylic acids is 3. The lowest BCUT2D eigenvalue weighted by atomic mass is 10.2. The molecule has 158 valence electrons. The number of nitrogens with one attached hydrogen (secondary N) is 2. The molecule has 2 aromatic carbocycles. The third-order valence-electron chi connectivity index (χ3n) is 4.90. The predicted molar refractivity (Wildman–Crippen MR) is 116 cm³/mol. The maximum atomic E-state index is 12.4. The molecule has 1 aliphatic rings. The first kappa shape index (κ1) is 21.8. The van der Waals surface area contributed by atoms with E-state index < -0.39 is 0 Å². The molecule has 0 spiro atoms. The summed E-state index contributed by atoms with van der Waals surface area (Å²) in [7, 11) is 0. The van der Waals surface area contributed by atoms with Gasteiger partial charge in [0.25, 0.3) is 5.91 Å². The van der Waals surface area contributed by atoms with E-state index in [9.17, 15) is 14.4 Å². The Labute approximate surface area is 181 Å². The van der Waals surface area contributed by atoms with Crippen LogP contribution in [0.5, 0.6) is 0 Å². The number of hydrogen-bond acceptors (Lipinski definition) is 4. The minimum atomic E-state index is -0.183. The summed E-state index contributed by atoms with van der Waals surface area (Å²) in [5.41, 5.74) is 1.17. The molecule has 1 heterocycles. The summed E-state index contributed by atoms with van der Waals surface area (Å²) in [5, 5.41) is 6.08. The van der Waals surface area contributed by atoms with Gasteiger partial charge in [0.05, 0.1) is 17.3 Å². The van der Waals surface area contributed by atoms with Gasteiger partial charge >= 0.3 is 0 Å². The van der Waals surface area contributed by atoms with Gasteiger partial charge in [0.1, 0.15) is 0 Å². The van der Waals surface area contributed by atoms with Crippen molar-refractivity contribution in [2.45, 2.75) is 6.42 Å². The fourth-order valence-corrected chi connectivity index (χ4v) is 3.43. The first-order chi connectivity index (χ1) is 14.5. The van der Waals surface area contributed by atoms with Gasteiger partial charge in [-0.1, -0.05) is 41.9 Å². The van der Waals surface area contributed by atoms with Crippen LogP contribution in [0.4, 0.5) is 5.69 Å². The second-order valence-electron chi connectivity index (χ2n) is 7.06. The normalized spacial score (nSPS) is 14.2. The summed E-state index contributed by atoms with van der Waals surface area (Å²) in [6, 6.07) is 16.0. The molecule has 1 saturated heterocycles. The first-order valence-corrected chi connectivity index (χ1v) is 10.3. The number of piperazine rings is 1. The van der Waals surface area contributed by atoms with Crippen LogP contribution in [0, 0.1) is 0 Å². The average Bonchev–Trinajstić information content (AvgIpc) is 2.76. The van der Waals surface area contributed by atoms with Gasteiger partial charge < -0.3 is 15.5 Å². The largest absolute Gasteiger partial charge is 0.352 e. The minimum Gasteiger partial charge on any atom is -0.352 e. The summed E-state index contributed by atoms with van der Waals surface area (Å²) in [4.78, 5) is 40.4. The molecule has 0 bridgehead atoms. The Morgan fingerprint density at radius 2 is 1.57 bits per heavy atom. The summed E-state index contributed by atoms with van der Waals surface area (Å²) < 4.78 is 0. The van der Waals surface area contributed by atoms with Crippen LogP contribution in [-0.4, -0.2) is 66.8 Å². The molecule has 2 N–H and O–H groups in total. The Morgan fingerprint density at radius 3 is 2.27 bits per heavy atom. The van der Waals surface area contributed by atoms with Gasteiger partial charge in [0.2, 0.25) is 11.8 Å². The van der Waals surface area contributed by atoms with Crippen LogP contribution in [0.3, 0.4) is 0 Å². The van der Waals surface area contributed by atoms with Gasteiger partial charge in [0.15, 0.2) is 0 Å². The van der Waals surface area contributed by atoms with Gasteiger partial charge in [-0.2, -0.15) is 0 Å². The van der Waals surface area contributed by atoms with E-state index >= 15 is 0 Å². The summed E-state index contributed by atoms with van der Waals surface area (Å²) in [6.45, 7) is 2.92. The highest BCUT2D eigenvalue weighted by Gasteiger charge is 2.22. The number of hydrogen-bond donors (Lipinski definition) is 2. The zero-order valence-corrected chi connectivity index (χ0v) is 17.4. The molecule has 0 unspecified atom stereocenters. The molecular formula is C22H25ClN4O3. The van der Waals surface area contributed by atoms with Crippen LogP contribution >= 0.6 is 11.6 Å². The van der Waals surface area contributed by atoms with Crippen molar-refractivity contribution in [3.8, 4) is 0 Å². The van der Waals surface area contributed by atoms with E-state index in [1.165, 1.54) is 0 Å². The Morgan fingerprint density at radius 1 is 0.900 bits per heavy atom. The van der Waals surface area contributed by atoms with E-state index in [2.05, 4.69) is 10.6 Å². The third-order valence-corrected chi connectivity index (χ3v) is 5.23. The van der Waals surface area contributed by atoms with E-state index in [4.69, 9.17) is 11.6 Å². The zero-order valence-electron chi connectivity index (χ0n) is 16.6. The number of anilines is 1. The second-order valence-corrected chi connectivity index (χ2v) is 7.46. The van der Waals surface area contributed by atoms with E-state index in [0.29, 0.717) is 49.0 Å². The third kappa shape index (κ3) is 6.30. The zero-order chi connectivity index (χ0) is 21.3. The number of halogens is 1. The van der Waals surface area contributed by atoms with Crippen LogP contribution in [0.2, 0.25) is 5.02 Å². The average molecular weight is 429 g/mol. The van der Waals surface area contributed by atoms with Crippen molar-refractivity contribution in [2.24, 2.45) is 0 Å². The molecule has 1 fully saturated rings. The standard InChI is InChI=1S/C22H25ClN4O3/c23-18-8-4-5-9-19(18)25-20(28)16-26-12-14-27(15-13-26)21(29)10-11-24-22(30)17-6-2-1-3-7-17/h1-9H,10-16H2,(H,24,30)(H,25,28). The van der Waals surface area contributed by atoms with Gasteiger partial charge in [-0.05, 0) is 24.3 Å². The number of benzene rings is 2. The predicted octanol–water partition coefficient (Wildman–Crippen LogP) is 2.24. The lowest BCUT2D eigenvalue weighted by Gasteiger charge is -2.34. The van der Waals surface area contributed by atoms with Crippen LogP contribution in [0.15, 0.2) is 54.6 Å². The summed E-state index contributed by atoms with van der Waals surface area (Å²) in [5.74, 6) is -0.312. The number of nitrogens with zero attached hydrogens (tertiary/aromatic N) is 2. The quantitative estimate of drug-likeness (QED) is 0.708. The van der Waals surface area contributed by atoms with Crippen LogP contribution in [0.1, 0.15) is 16.8 Å². The molecule has 1 aliphatic heterocycles. The lowest BCUT2D eigenvalue weighted by molar-refractivity contribution is -0.132. The van der Waals surface area contributed by atoms with E-state index in [0.717, 1.165) is 0 Å². The molecule has 8 heteroatoms. The molecule has 0 radical (unpaired) electrons. The molecule has 0 atom stereocenters. The Kier molecular flexibility index (Phi) is 7.82. The fraction of sp³-hybridized carbons (Fsp3) is 0.318. The smallest absolute Gasteiger partial charge is 0.251 e. The van der Waals surface area contributed by atoms with Gasteiger partial charge in [-0.3, -0.25) is 19.3 Å². The molecule has 3 rings (SSSR count). The molecule has 3 amide bonds. The van der Waals surface area contributed by atoms with Crippen molar-refractivity contribution < 1.29 is 14.4 Å². The van der Waals surface area contributed by atoms with Gasteiger partial charge in [0, 0.05) is 44.7 Å². The molecule has 2 aromatic rings. The SMILES string of the molecule is O=C(CN1CCN(C(=O)CCNC(=O)c2ccccc2)CC1)Nc1ccccc1Cl. The van der Waals surface area contributed by atoms with Crippen molar-refractivity contribution in [3.63, 3.8) is 0 Å². The summed E-state index contributed by atoms with van der Waals surface area (Å²) >= 11 is 6.06. The number of rotatable bonds is 7. The first-order valence-electron chi connectivity index (χ1n) is 9.90. The van der Waals surface area contributed by atoms with Crippen LogP contribution in [0.25, 0.3) is 0 Å². The molecule has 0 saturated carbocycles. The van der Waals surface area contributed by atoms with Crippen molar-refractivity contribution in [1.29, 1.82) is 0 Å². The molecule has 0 aliphatic carbocycles. The Hall–Kier alpha value is -2.90. The second kappa shape index (κ2) is 10.8. The minimum absolute atomic E-state index is 0.00327. The number of para-hydroxylation sites is 1. The van der Waals surface area contributed by atoms with Gasteiger partial charge in [-0.15, -0.1) is 0 Å². The number of amides is 3. The van der Waals surface area contributed by atoms with Crippen LogP contribution in [-0.2, 0) is 9.59 Å². The highest BCUT2D eigenvalue weighted by molar-refractivity contribution is 6.33. The highest BCUT2D eigenvalue weighted by atomic mass is 35.5. The summed E-state index contributed by atoms with van der Waals surface area (Å²) in [6.07, 6.45) is 0.256. The Balaban J connectivity index is 1.35. The van der Waals surface area contributed by atoms with Crippen molar-refractivity contribution >= 4 is 35.0 Å². The fourth-order valence-electron chi connectivity index (χ4n) is 3.24.